The molecular formula is C15H20N6O2. The maximum absolute atomic E-state index is 12.1. The standard InChI is InChI=1S/C15H20N6O2/c1-15(2,3)23-14(22)21-6-4-9(5-7-21)12-19-10-11(16)17-8-18-13(10)20-12/h4,8H,5-7H2,1-3H3,(H3,16,17,18,19,20). The minimum atomic E-state index is -0.492. The Hall–Kier alpha value is -2.64. The molecule has 23 heavy (non-hydrogen) atoms. The van der Waals surface area contributed by atoms with E-state index in [9.17, 15) is 4.79 Å². The fourth-order valence-corrected chi connectivity index (χ4v) is 2.35. The van der Waals surface area contributed by atoms with Crippen LogP contribution in [0, 0.1) is 0 Å². The first kappa shape index (κ1) is 15.3. The summed E-state index contributed by atoms with van der Waals surface area (Å²) in [5.41, 5.74) is 6.87. The third-order valence-corrected chi connectivity index (χ3v) is 3.46. The molecule has 0 atom stereocenters. The number of aromatic amines is 1. The van der Waals surface area contributed by atoms with Gasteiger partial charge >= 0.3 is 6.09 Å². The van der Waals surface area contributed by atoms with E-state index in [1.165, 1.54) is 6.33 Å². The first-order valence-electron chi connectivity index (χ1n) is 7.47. The first-order valence-corrected chi connectivity index (χ1v) is 7.47. The molecular weight excluding hydrogens is 296 g/mol. The zero-order chi connectivity index (χ0) is 16.6. The number of hydrogen-bond donors (Lipinski definition) is 2. The van der Waals surface area contributed by atoms with E-state index in [0.29, 0.717) is 42.7 Å². The molecule has 0 spiro atoms. The van der Waals surface area contributed by atoms with Crippen molar-refractivity contribution in [2.45, 2.75) is 32.8 Å². The molecule has 0 aromatic heterocycles. The van der Waals surface area contributed by atoms with Crippen molar-refractivity contribution in [3.05, 3.63) is 18.2 Å². The number of rotatable bonds is 1. The number of carbonyl (C=O) groups excluding carboxylic acids is 1. The minimum Gasteiger partial charge on any atom is -0.444 e. The van der Waals surface area contributed by atoms with Crippen LogP contribution in [0.15, 0.2) is 12.4 Å². The van der Waals surface area contributed by atoms with Crippen LogP contribution in [0.4, 0.5) is 10.6 Å². The fourth-order valence-electron chi connectivity index (χ4n) is 2.35. The van der Waals surface area contributed by atoms with Crippen molar-refractivity contribution in [3.8, 4) is 11.5 Å². The number of H-pyrrole nitrogens is 1. The lowest BCUT2D eigenvalue weighted by Crippen LogP contribution is -2.39. The monoisotopic (exact) mass is 316 g/mol. The number of fused-ring (bicyclic) bond motifs is 1. The van der Waals surface area contributed by atoms with E-state index in [0.717, 1.165) is 5.57 Å². The SMILES string of the molecule is CC(C)(C)OC(=O)N1CC=C(c2nc3[nH]cnc(N)c-3n2)CC1. The molecule has 8 heteroatoms. The lowest BCUT2D eigenvalue weighted by atomic mass is 10.1. The van der Waals surface area contributed by atoms with Gasteiger partial charge in [0.25, 0.3) is 0 Å². The number of anilines is 1. The normalized spacial score (nSPS) is 15.6. The first-order chi connectivity index (χ1) is 10.8. The molecule has 0 saturated heterocycles. The highest BCUT2D eigenvalue weighted by Gasteiger charge is 2.25. The Morgan fingerprint density at radius 2 is 2.17 bits per heavy atom. The Balaban J connectivity index is 1.75. The van der Waals surface area contributed by atoms with E-state index in [-0.39, 0.29) is 6.09 Å². The molecule has 0 fully saturated rings. The van der Waals surface area contributed by atoms with Crippen LogP contribution in [0.25, 0.3) is 17.1 Å². The molecule has 3 rings (SSSR count). The van der Waals surface area contributed by atoms with Crippen molar-refractivity contribution < 1.29 is 9.53 Å². The van der Waals surface area contributed by atoms with Crippen LogP contribution in [0.3, 0.4) is 0 Å². The number of carbonyl (C=O) groups is 1. The number of imidazole rings is 1. The van der Waals surface area contributed by atoms with Gasteiger partial charge in [0.05, 0.1) is 6.33 Å². The highest BCUT2D eigenvalue weighted by atomic mass is 16.6. The molecule has 3 heterocycles. The molecule has 0 bridgehead atoms. The third kappa shape index (κ3) is 3.25. The lowest BCUT2D eigenvalue weighted by Gasteiger charge is -2.29. The lowest BCUT2D eigenvalue weighted by molar-refractivity contribution is 0.0270. The molecule has 3 aliphatic rings. The van der Waals surface area contributed by atoms with Crippen LogP contribution in [0.2, 0.25) is 0 Å². The number of amides is 1. The zero-order valence-electron chi connectivity index (χ0n) is 13.5. The summed E-state index contributed by atoms with van der Waals surface area (Å²) in [6.07, 6.45) is 3.81. The Labute approximate surface area is 134 Å². The maximum atomic E-state index is 12.1. The second-order valence-electron chi connectivity index (χ2n) is 6.44. The van der Waals surface area contributed by atoms with E-state index in [1.54, 1.807) is 4.90 Å². The smallest absolute Gasteiger partial charge is 0.410 e. The number of aromatic nitrogens is 4. The van der Waals surface area contributed by atoms with Gasteiger partial charge in [0, 0.05) is 13.1 Å². The number of ether oxygens (including phenoxy) is 1. The van der Waals surface area contributed by atoms with Gasteiger partial charge in [0.2, 0.25) is 0 Å². The van der Waals surface area contributed by atoms with Gasteiger partial charge in [-0.25, -0.2) is 19.7 Å². The molecule has 0 radical (unpaired) electrons. The summed E-state index contributed by atoms with van der Waals surface area (Å²) in [7, 11) is 0. The molecule has 0 aromatic rings. The summed E-state index contributed by atoms with van der Waals surface area (Å²) in [6.45, 7) is 6.62. The predicted octanol–water partition coefficient (Wildman–Crippen LogP) is 1.91. The largest absolute Gasteiger partial charge is 0.444 e. The summed E-state index contributed by atoms with van der Waals surface area (Å²) in [4.78, 5) is 29.5. The van der Waals surface area contributed by atoms with Crippen molar-refractivity contribution in [3.63, 3.8) is 0 Å². The second-order valence-corrected chi connectivity index (χ2v) is 6.44. The Morgan fingerprint density at radius 3 is 2.78 bits per heavy atom. The van der Waals surface area contributed by atoms with Crippen molar-refractivity contribution in [2.24, 2.45) is 0 Å². The van der Waals surface area contributed by atoms with E-state index in [1.807, 2.05) is 26.8 Å². The van der Waals surface area contributed by atoms with Crippen LogP contribution in [0.5, 0.6) is 0 Å². The Morgan fingerprint density at radius 1 is 1.39 bits per heavy atom. The highest BCUT2D eigenvalue weighted by Crippen LogP contribution is 2.27. The van der Waals surface area contributed by atoms with Gasteiger partial charge in [-0.3, -0.25) is 0 Å². The quantitative estimate of drug-likeness (QED) is 0.831. The van der Waals surface area contributed by atoms with Gasteiger partial charge in [-0.05, 0) is 32.8 Å². The number of nitrogens with one attached hydrogen (secondary N) is 1. The maximum Gasteiger partial charge on any atom is 0.410 e. The van der Waals surface area contributed by atoms with Gasteiger partial charge in [-0.15, -0.1) is 0 Å². The summed E-state index contributed by atoms with van der Waals surface area (Å²) >= 11 is 0. The molecule has 1 amide bonds. The predicted molar refractivity (Wildman–Crippen MR) is 85.6 cm³/mol. The van der Waals surface area contributed by atoms with Gasteiger partial charge < -0.3 is 20.4 Å². The van der Waals surface area contributed by atoms with Crippen molar-refractivity contribution in [2.75, 3.05) is 18.8 Å². The number of hydrogen-bond acceptors (Lipinski definition) is 6. The highest BCUT2D eigenvalue weighted by molar-refractivity contribution is 5.73. The van der Waals surface area contributed by atoms with Crippen LogP contribution >= 0.6 is 0 Å². The van der Waals surface area contributed by atoms with Crippen molar-refractivity contribution >= 4 is 17.5 Å². The van der Waals surface area contributed by atoms with Crippen LogP contribution < -0.4 is 5.73 Å². The van der Waals surface area contributed by atoms with E-state index >= 15 is 0 Å². The minimum absolute atomic E-state index is 0.303. The molecule has 122 valence electrons. The summed E-state index contributed by atoms with van der Waals surface area (Å²) in [5, 5.41) is 0. The van der Waals surface area contributed by atoms with E-state index in [4.69, 9.17) is 10.5 Å². The molecule has 3 aliphatic heterocycles. The molecule has 0 unspecified atom stereocenters. The Kier molecular flexibility index (Phi) is 3.67. The molecule has 3 N–H and O–H groups in total. The summed E-state index contributed by atoms with van der Waals surface area (Å²) in [5.74, 6) is 1.59. The topological polar surface area (TPSA) is 110 Å². The number of nitrogen functional groups attached to an aromatic ring is 1. The third-order valence-electron chi connectivity index (χ3n) is 3.46. The van der Waals surface area contributed by atoms with Gasteiger partial charge in [-0.1, -0.05) is 6.08 Å². The number of nitrogens with two attached hydrogens (primary N) is 1. The average Bonchev–Trinajstić information content (AvgIpc) is 2.91. The zero-order valence-corrected chi connectivity index (χ0v) is 13.5. The van der Waals surface area contributed by atoms with E-state index < -0.39 is 5.60 Å². The van der Waals surface area contributed by atoms with Crippen molar-refractivity contribution in [1.29, 1.82) is 0 Å². The van der Waals surface area contributed by atoms with E-state index in [2.05, 4.69) is 19.9 Å². The van der Waals surface area contributed by atoms with Gasteiger partial charge in [0.15, 0.2) is 23.2 Å². The average molecular weight is 316 g/mol. The molecule has 0 saturated carbocycles. The Bertz CT molecular complexity index is 730. The molecule has 8 nitrogen and oxygen atoms in total. The fraction of sp³-hybridized carbons (Fsp3) is 0.467. The van der Waals surface area contributed by atoms with Crippen LogP contribution in [-0.4, -0.2) is 49.6 Å². The molecule has 0 aromatic carbocycles. The second kappa shape index (κ2) is 5.53. The van der Waals surface area contributed by atoms with Crippen LogP contribution in [-0.2, 0) is 4.74 Å². The summed E-state index contributed by atoms with van der Waals surface area (Å²) in [6, 6.07) is 0. The summed E-state index contributed by atoms with van der Waals surface area (Å²) < 4.78 is 5.38. The number of nitrogens with zero attached hydrogens (tertiary/aromatic N) is 4. The van der Waals surface area contributed by atoms with Crippen LogP contribution in [0.1, 0.15) is 33.0 Å². The molecule has 0 aliphatic carbocycles. The van der Waals surface area contributed by atoms with Gasteiger partial charge in [-0.2, -0.15) is 0 Å². The van der Waals surface area contributed by atoms with Crippen molar-refractivity contribution in [1.82, 2.24) is 24.8 Å². The van der Waals surface area contributed by atoms with Gasteiger partial charge in [0.1, 0.15) is 5.60 Å².